The average Bonchev–Trinajstić information content (AvgIpc) is 3.20. The number of hydrogen-bond donors (Lipinski definition) is 2. The third-order valence-electron chi connectivity index (χ3n) is 4.66. The summed E-state index contributed by atoms with van der Waals surface area (Å²) in [5.41, 5.74) is 2.08. The van der Waals surface area contributed by atoms with Gasteiger partial charge in [-0.05, 0) is 30.5 Å². The molecule has 0 unspecified atom stereocenters. The standard InChI is InChI=1S/C20H25N5O2.HI/c26-25(27)19-10-8-16(9-11-19)15-23-20(24-18-6-1-2-7-18)22-14-12-17-5-3-4-13-21-17;/h3-5,8-11,13,18H,1-2,6-7,12,14-15H2,(H2,22,23,24);1H. The molecule has 8 heteroatoms. The summed E-state index contributed by atoms with van der Waals surface area (Å²) in [6.07, 6.45) is 7.46. The van der Waals surface area contributed by atoms with E-state index in [9.17, 15) is 10.1 Å². The van der Waals surface area contributed by atoms with Gasteiger partial charge in [-0.1, -0.05) is 31.0 Å². The Hall–Kier alpha value is -2.23. The highest BCUT2D eigenvalue weighted by molar-refractivity contribution is 14.0. The monoisotopic (exact) mass is 495 g/mol. The fourth-order valence-electron chi connectivity index (χ4n) is 3.16. The molecule has 1 heterocycles. The Morgan fingerprint density at radius 1 is 1.18 bits per heavy atom. The van der Waals surface area contributed by atoms with Crippen LogP contribution in [0.2, 0.25) is 0 Å². The number of guanidine groups is 1. The fraction of sp³-hybridized carbons (Fsp3) is 0.400. The maximum absolute atomic E-state index is 10.8. The highest BCUT2D eigenvalue weighted by atomic mass is 127. The lowest BCUT2D eigenvalue weighted by Gasteiger charge is -2.17. The van der Waals surface area contributed by atoms with Crippen molar-refractivity contribution in [2.75, 3.05) is 6.54 Å². The van der Waals surface area contributed by atoms with Gasteiger partial charge in [0.15, 0.2) is 5.96 Å². The second kappa shape index (κ2) is 11.6. The van der Waals surface area contributed by atoms with Crippen LogP contribution in [-0.2, 0) is 13.0 Å². The number of benzene rings is 1. The second-order valence-corrected chi connectivity index (χ2v) is 6.71. The molecule has 0 amide bonds. The number of aliphatic imine (C=N–C) groups is 1. The molecule has 3 rings (SSSR count). The van der Waals surface area contributed by atoms with Crippen LogP contribution in [0.3, 0.4) is 0 Å². The van der Waals surface area contributed by atoms with Crippen molar-refractivity contribution in [2.45, 2.75) is 44.7 Å². The van der Waals surface area contributed by atoms with Crippen molar-refractivity contribution in [3.63, 3.8) is 0 Å². The molecule has 1 aromatic heterocycles. The molecule has 150 valence electrons. The van der Waals surface area contributed by atoms with Gasteiger partial charge in [-0.25, -0.2) is 4.99 Å². The summed E-state index contributed by atoms with van der Waals surface area (Å²) in [7, 11) is 0. The summed E-state index contributed by atoms with van der Waals surface area (Å²) in [5, 5.41) is 17.7. The van der Waals surface area contributed by atoms with Crippen LogP contribution in [-0.4, -0.2) is 28.5 Å². The zero-order chi connectivity index (χ0) is 18.9. The number of halogens is 1. The summed E-state index contributed by atoms with van der Waals surface area (Å²) in [6.45, 7) is 1.22. The van der Waals surface area contributed by atoms with Crippen molar-refractivity contribution in [3.05, 3.63) is 70.0 Å². The number of pyridine rings is 1. The molecule has 1 aromatic carbocycles. The van der Waals surface area contributed by atoms with Crippen LogP contribution in [0, 0.1) is 10.1 Å². The topological polar surface area (TPSA) is 92.5 Å². The lowest BCUT2D eigenvalue weighted by molar-refractivity contribution is -0.384. The normalized spacial score (nSPS) is 14.4. The van der Waals surface area contributed by atoms with Crippen LogP contribution in [0.5, 0.6) is 0 Å². The van der Waals surface area contributed by atoms with E-state index in [0.29, 0.717) is 12.6 Å². The first kappa shape index (κ1) is 22.1. The number of nitrogens with zero attached hydrogens (tertiary/aromatic N) is 3. The van der Waals surface area contributed by atoms with E-state index in [1.54, 1.807) is 18.3 Å². The van der Waals surface area contributed by atoms with Crippen molar-refractivity contribution in [3.8, 4) is 0 Å². The number of nitro benzene ring substituents is 1. The molecular weight excluding hydrogens is 469 g/mol. The van der Waals surface area contributed by atoms with Gasteiger partial charge in [0.25, 0.3) is 5.69 Å². The minimum atomic E-state index is -0.390. The molecule has 1 aliphatic rings. The van der Waals surface area contributed by atoms with Crippen LogP contribution in [0.4, 0.5) is 5.69 Å². The van der Waals surface area contributed by atoms with E-state index >= 15 is 0 Å². The summed E-state index contributed by atoms with van der Waals surface area (Å²) in [4.78, 5) is 19.4. The van der Waals surface area contributed by atoms with E-state index < -0.39 is 0 Å². The minimum Gasteiger partial charge on any atom is -0.356 e. The number of nitro groups is 1. The quantitative estimate of drug-likeness (QED) is 0.200. The lowest BCUT2D eigenvalue weighted by atomic mass is 10.2. The zero-order valence-corrected chi connectivity index (χ0v) is 18.0. The molecule has 7 nitrogen and oxygen atoms in total. The van der Waals surface area contributed by atoms with E-state index in [4.69, 9.17) is 0 Å². The first-order valence-electron chi connectivity index (χ1n) is 9.39. The molecule has 1 fully saturated rings. The number of non-ortho nitro benzene ring substituents is 1. The maximum atomic E-state index is 10.8. The van der Waals surface area contributed by atoms with Gasteiger partial charge in [0.05, 0.1) is 11.5 Å². The minimum absolute atomic E-state index is 0. The molecule has 0 spiro atoms. The fourth-order valence-corrected chi connectivity index (χ4v) is 3.16. The number of nitrogens with one attached hydrogen (secondary N) is 2. The summed E-state index contributed by atoms with van der Waals surface area (Å²) >= 11 is 0. The van der Waals surface area contributed by atoms with Gasteiger partial charge >= 0.3 is 0 Å². The largest absolute Gasteiger partial charge is 0.356 e. The Morgan fingerprint density at radius 2 is 1.93 bits per heavy atom. The molecule has 0 radical (unpaired) electrons. The Kier molecular flexibility index (Phi) is 9.12. The lowest BCUT2D eigenvalue weighted by Crippen LogP contribution is -2.43. The Morgan fingerprint density at radius 3 is 2.57 bits per heavy atom. The van der Waals surface area contributed by atoms with Crippen molar-refractivity contribution >= 4 is 35.6 Å². The first-order valence-corrected chi connectivity index (χ1v) is 9.39. The van der Waals surface area contributed by atoms with Gasteiger partial charge in [0.1, 0.15) is 0 Å². The predicted octanol–water partition coefficient (Wildman–Crippen LogP) is 3.83. The van der Waals surface area contributed by atoms with E-state index in [-0.39, 0.29) is 34.6 Å². The Balaban J connectivity index is 0.00000280. The van der Waals surface area contributed by atoms with Crippen molar-refractivity contribution < 1.29 is 4.92 Å². The maximum Gasteiger partial charge on any atom is 0.269 e. The molecule has 0 saturated heterocycles. The highest BCUT2D eigenvalue weighted by Crippen LogP contribution is 2.17. The predicted molar refractivity (Wildman–Crippen MR) is 121 cm³/mol. The molecule has 1 saturated carbocycles. The van der Waals surface area contributed by atoms with E-state index in [1.165, 1.54) is 37.8 Å². The van der Waals surface area contributed by atoms with Gasteiger partial charge < -0.3 is 10.6 Å². The van der Waals surface area contributed by atoms with Gasteiger partial charge in [-0.2, -0.15) is 0 Å². The third-order valence-corrected chi connectivity index (χ3v) is 4.66. The number of rotatable bonds is 7. The molecule has 28 heavy (non-hydrogen) atoms. The van der Waals surface area contributed by atoms with Crippen LogP contribution in [0.25, 0.3) is 0 Å². The smallest absolute Gasteiger partial charge is 0.269 e. The summed E-state index contributed by atoms with van der Waals surface area (Å²) in [5.74, 6) is 0.788. The van der Waals surface area contributed by atoms with Crippen molar-refractivity contribution in [1.29, 1.82) is 0 Å². The Labute approximate surface area is 182 Å². The van der Waals surface area contributed by atoms with Gasteiger partial charge in [-0.15, -0.1) is 24.0 Å². The molecular formula is C20H26IN5O2. The van der Waals surface area contributed by atoms with Gasteiger partial charge in [0.2, 0.25) is 0 Å². The Bertz CT molecular complexity index is 762. The highest BCUT2D eigenvalue weighted by Gasteiger charge is 2.16. The van der Waals surface area contributed by atoms with E-state index in [0.717, 1.165) is 30.2 Å². The van der Waals surface area contributed by atoms with E-state index in [1.807, 2.05) is 18.2 Å². The van der Waals surface area contributed by atoms with Crippen LogP contribution < -0.4 is 10.6 Å². The first-order chi connectivity index (χ1) is 13.2. The van der Waals surface area contributed by atoms with Crippen LogP contribution in [0.15, 0.2) is 53.7 Å². The summed E-state index contributed by atoms with van der Waals surface area (Å²) < 4.78 is 0. The number of hydrogen-bond acceptors (Lipinski definition) is 4. The van der Waals surface area contributed by atoms with Gasteiger partial charge in [-0.3, -0.25) is 15.1 Å². The van der Waals surface area contributed by atoms with Crippen molar-refractivity contribution in [2.24, 2.45) is 4.99 Å². The second-order valence-electron chi connectivity index (χ2n) is 6.71. The zero-order valence-electron chi connectivity index (χ0n) is 15.7. The molecule has 0 aliphatic heterocycles. The van der Waals surface area contributed by atoms with Crippen LogP contribution >= 0.6 is 24.0 Å². The molecule has 2 aromatic rings. The third kappa shape index (κ3) is 7.06. The molecule has 1 aliphatic carbocycles. The number of aromatic nitrogens is 1. The van der Waals surface area contributed by atoms with Crippen LogP contribution in [0.1, 0.15) is 36.9 Å². The van der Waals surface area contributed by atoms with Crippen molar-refractivity contribution in [1.82, 2.24) is 15.6 Å². The molecule has 0 bridgehead atoms. The average molecular weight is 495 g/mol. The SMILES string of the molecule is I.O=[N+]([O-])c1ccc(CN=C(NCCc2ccccn2)NC2CCCC2)cc1. The van der Waals surface area contributed by atoms with Gasteiger partial charge in [0, 0.05) is 43.0 Å². The summed E-state index contributed by atoms with van der Waals surface area (Å²) in [6, 6.07) is 12.9. The molecule has 0 atom stereocenters. The van der Waals surface area contributed by atoms with E-state index in [2.05, 4.69) is 20.6 Å². The molecule has 2 N–H and O–H groups in total.